The van der Waals surface area contributed by atoms with Gasteiger partial charge < -0.3 is 20.1 Å². The summed E-state index contributed by atoms with van der Waals surface area (Å²) < 4.78 is 24.4. The summed E-state index contributed by atoms with van der Waals surface area (Å²) in [4.78, 5) is 36.0. The third kappa shape index (κ3) is 7.28. The predicted octanol–water partition coefficient (Wildman–Crippen LogP) is 3.90. The Morgan fingerprint density at radius 1 is 1.00 bits per heavy atom. The molecule has 0 aliphatic carbocycles. The maximum Gasteiger partial charge on any atom is 0.329 e. The lowest BCUT2D eigenvalue weighted by atomic mass is 10.2. The van der Waals surface area contributed by atoms with Crippen LogP contribution in [0.3, 0.4) is 0 Å². The molecule has 3 aromatic rings. The highest BCUT2D eigenvalue weighted by atomic mass is 35.5. The molecular formula is C25H22ClFN4O5. The number of ether oxygens (including phenoxy) is 2. The van der Waals surface area contributed by atoms with Crippen LogP contribution in [-0.2, 0) is 14.4 Å². The molecule has 0 saturated carbocycles. The monoisotopic (exact) mass is 512 g/mol. The molecule has 0 aliphatic heterocycles. The van der Waals surface area contributed by atoms with Crippen LogP contribution in [-0.4, -0.2) is 37.7 Å². The number of carbonyl (C=O) groups is 3. The van der Waals surface area contributed by atoms with Gasteiger partial charge in [0, 0.05) is 10.7 Å². The molecule has 0 fully saturated rings. The Morgan fingerprint density at radius 2 is 1.78 bits per heavy atom. The lowest BCUT2D eigenvalue weighted by Gasteiger charge is -2.12. The number of hydrogen-bond acceptors (Lipinski definition) is 6. The Morgan fingerprint density at radius 3 is 2.50 bits per heavy atom. The van der Waals surface area contributed by atoms with Crippen molar-refractivity contribution < 1.29 is 28.2 Å². The van der Waals surface area contributed by atoms with E-state index in [2.05, 4.69) is 21.2 Å². The van der Waals surface area contributed by atoms with Gasteiger partial charge in [-0.2, -0.15) is 5.10 Å². The minimum Gasteiger partial charge on any atom is -0.493 e. The van der Waals surface area contributed by atoms with E-state index < -0.39 is 17.6 Å². The highest BCUT2D eigenvalue weighted by Crippen LogP contribution is 2.27. The number of nitrogens with one attached hydrogen (secondary N) is 3. The van der Waals surface area contributed by atoms with Crippen molar-refractivity contribution in [3.8, 4) is 11.5 Å². The largest absolute Gasteiger partial charge is 0.493 e. The summed E-state index contributed by atoms with van der Waals surface area (Å²) in [6, 6.07) is 15.3. The van der Waals surface area contributed by atoms with Gasteiger partial charge in [0.15, 0.2) is 18.1 Å². The summed E-state index contributed by atoms with van der Waals surface area (Å²) >= 11 is 6.07. The van der Waals surface area contributed by atoms with E-state index in [1.54, 1.807) is 36.4 Å². The number of benzene rings is 3. The standard InChI is InChI=1S/C25H22ClFN4O5/c1-15-7-9-17(12-18(15)26)29-23(32)14-36-21-10-8-16(11-22(21)35-2)13-28-31-25(34)24(33)30-20-6-4-3-5-19(20)27/h3-13H,14H2,1-2H3,(H,29,32)(H,30,33)(H,31,34)/b28-13-. The first kappa shape index (κ1) is 26.2. The molecule has 0 aromatic heterocycles. The third-order valence-corrected chi connectivity index (χ3v) is 5.12. The number of hydrogen-bond donors (Lipinski definition) is 3. The number of halogens is 2. The number of hydrazone groups is 1. The van der Waals surface area contributed by atoms with Crippen molar-refractivity contribution in [2.75, 3.05) is 24.4 Å². The minimum absolute atomic E-state index is 0.127. The maximum absolute atomic E-state index is 13.6. The Bertz CT molecular complexity index is 1320. The molecule has 3 rings (SSSR count). The molecule has 186 valence electrons. The van der Waals surface area contributed by atoms with Crippen molar-refractivity contribution >= 4 is 46.9 Å². The smallest absolute Gasteiger partial charge is 0.329 e. The fraction of sp³-hybridized carbons (Fsp3) is 0.120. The molecule has 3 N–H and O–H groups in total. The molecule has 9 nitrogen and oxygen atoms in total. The summed E-state index contributed by atoms with van der Waals surface area (Å²) in [5.41, 5.74) is 3.87. The van der Waals surface area contributed by atoms with Gasteiger partial charge in [0.25, 0.3) is 5.91 Å². The zero-order valence-electron chi connectivity index (χ0n) is 19.3. The number of nitrogens with zero attached hydrogens (tertiary/aromatic N) is 1. The van der Waals surface area contributed by atoms with Gasteiger partial charge in [-0.15, -0.1) is 0 Å². The normalized spacial score (nSPS) is 10.6. The van der Waals surface area contributed by atoms with Gasteiger partial charge in [0.05, 0.1) is 19.0 Å². The van der Waals surface area contributed by atoms with Crippen molar-refractivity contribution in [1.29, 1.82) is 0 Å². The lowest BCUT2D eigenvalue weighted by molar-refractivity contribution is -0.136. The molecule has 0 spiro atoms. The number of para-hydroxylation sites is 1. The third-order valence-electron chi connectivity index (χ3n) is 4.71. The van der Waals surface area contributed by atoms with Crippen LogP contribution in [0.15, 0.2) is 65.8 Å². The molecule has 11 heteroatoms. The number of aryl methyl sites for hydroxylation is 1. The molecular weight excluding hydrogens is 491 g/mol. The van der Waals surface area contributed by atoms with Crippen LogP contribution in [0.25, 0.3) is 0 Å². The predicted molar refractivity (Wildman–Crippen MR) is 134 cm³/mol. The van der Waals surface area contributed by atoms with Gasteiger partial charge in [-0.3, -0.25) is 14.4 Å². The molecule has 0 aliphatic rings. The second-order valence-corrected chi connectivity index (χ2v) is 7.75. The van der Waals surface area contributed by atoms with Crippen molar-refractivity contribution in [3.05, 3.63) is 82.6 Å². The number of rotatable bonds is 8. The summed E-state index contributed by atoms with van der Waals surface area (Å²) in [5, 5.41) is 9.10. The Kier molecular flexibility index (Phi) is 8.95. The lowest BCUT2D eigenvalue weighted by Crippen LogP contribution is -2.32. The first-order chi connectivity index (χ1) is 17.3. The first-order valence-electron chi connectivity index (χ1n) is 10.5. The Balaban J connectivity index is 1.53. The van der Waals surface area contributed by atoms with Crippen molar-refractivity contribution in [1.82, 2.24) is 5.43 Å². The van der Waals surface area contributed by atoms with E-state index in [0.717, 1.165) is 11.6 Å². The van der Waals surface area contributed by atoms with E-state index in [1.165, 1.54) is 31.5 Å². The van der Waals surface area contributed by atoms with Crippen molar-refractivity contribution in [2.24, 2.45) is 5.10 Å². The SMILES string of the molecule is COc1cc(/C=N\NC(=O)C(=O)Nc2ccccc2F)ccc1OCC(=O)Nc1ccc(C)c(Cl)c1. The van der Waals surface area contributed by atoms with E-state index in [9.17, 15) is 18.8 Å². The molecule has 0 heterocycles. The van der Waals surface area contributed by atoms with Gasteiger partial charge in [0.1, 0.15) is 5.82 Å². The molecule has 0 unspecified atom stereocenters. The van der Waals surface area contributed by atoms with Crippen LogP contribution < -0.4 is 25.5 Å². The van der Waals surface area contributed by atoms with Crippen LogP contribution >= 0.6 is 11.6 Å². The van der Waals surface area contributed by atoms with E-state index in [1.807, 2.05) is 6.92 Å². The highest BCUT2D eigenvalue weighted by Gasteiger charge is 2.15. The van der Waals surface area contributed by atoms with E-state index in [4.69, 9.17) is 21.1 Å². The van der Waals surface area contributed by atoms with Gasteiger partial charge in [-0.1, -0.05) is 29.8 Å². The topological polar surface area (TPSA) is 118 Å². The highest BCUT2D eigenvalue weighted by molar-refractivity contribution is 6.39. The number of amides is 3. The summed E-state index contributed by atoms with van der Waals surface area (Å²) in [7, 11) is 1.42. The van der Waals surface area contributed by atoms with Crippen LogP contribution in [0, 0.1) is 12.7 Å². The molecule has 0 bridgehead atoms. The fourth-order valence-electron chi connectivity index (χ4n) is 2.85. The molecule has 36 heavy (non-hydrogen) atoms. The minimum atomic E-state index is -1.08. The maximum atomic E-state index is 13.6. The number of anilines is 2. The van der Waals surface area contributed by atoms with Crippen molar-refractivity contribution in [3.63, 3.8) is 0 Å². The van der Waals surface area contributed by atoms with Crippen molar-refractivity contribution in [2.45, 2.75) is 6.92 Å². The van der Waals surface area contributed by atoms with Gasteiger partial charge in [-0.25, -0.2) is 9.82 Å². The summed E-state index contributed by atoms with van der Waals surface area (Å²) in [5.74, 6) is -2.60. The number of carbonyl (C=O) groups excluding carboxylic acids is 3. The average molecular weight is 513 g/mol. The van der Waals surface area contributed by atoms with Gasteiger partial charge >= 0.3 is 11.8 Å². The fourth-order valence-corrected chi connectivity index (χ4v) is 3.03. The van der Waals surface area contributed by atoms with E-state index in [-0.39, 0.29) is 18.2 Å². The molecule has 0 radical (unpaired) electrons. The molecule has 3 aromatic carbocycles. The quantitative estimate of drug-likeness (QED) is 0.240. The zero-order chi connectivity index (χ0) is 26.1. The van der Waals surface area contributed by atoms with E-state index >= 15 is 0 Å². The summed E-state index contributed by atoms with van der Waals surface area (Å²) in [6.07, 6.45) is 1.27. The molecule has 3 amide bonds. The zero-order valence-corrected chi connectivity index (χ0v) is 20.1. The molecule has 0 atom stereocenters. The second kappa shape index (κ2) is 12.3. The van der Waals surface area contributed by atoms with Crippen LogP contribution in [0.2, 0.25) is 5.02 Å². The van der Waals surface area contributed by atoms with Gasteiger partial charge in [-0.05, 0) is 60.5 Å². The van der Waals surface area contributed by atoms with Crippen LogP contribution in [0.1, 0.15) is 11.1 Å². The van der Waals surface area contributed by atoms with Crippen LogP contribution in [0.4, 0.5) is 15.8 Å². The van der Waals surface area contributed by atoms with Gasteiger partial charge in [0.2, 0.25) is 0 Å². The molecule has 0 saturated heterocycles. The Labute approximate surface area is 211 Å². The number of methoxy groups -OCH3 is 1. The second-order valence-electron chi connectivity index (χ2n) is 7.34. The van der Waals surface area contributed by atoms with Crippen LogP contribution in [0.5, 0.6) is 11.5 Å². The first-order valence-corrected chi connectivity index (χ1v) is 10.9. The summed E-state index contributed by atoms with van der Waals surface area (Å²) in [6.45, 7) is 1.58. The Hall–Kier alpha value is -4.44. The average Bonchev–Trinajstić information content (AvgIpc) is 2.86. The van der Waals surface area contributed by atoms with E-state index in [0.29, 0.717) is 27.8 Å².